The summed E-state index contributed by atoms with van der Waals surface area (Å²) in [4.78, 5) is 6.49. The molecule has 0 aliphatic heterocycles. The number of nitrogens with zero attached hydrogens (tertiary/aromatic N) is 1. The van der Waals surface area contributed by atoms with Crippen LogP contribution < -0.4 is 4.72 Å². The van der Waals surface area contributed by atoms with E-state index in [2.05, 4.69) is 30.6 Å². The highest BCUT2D eigenvalue weighted by atomic mass is 79.9. The van der Waals surface area contributed by atoms with E-state index in [1.807, 2.05) is 0 Å². The summed E-state index contributed by atoms with van der Waals surface area (Å²) in [5, 5.41) is 0.810. The molecule has 0 atom stereocenters. The topological polar surface area (TPSA) is 84.1 Å². The molecule has 0 spiro atoms. The number of aromatic amines is 1. The van der Waals surface area contributed by atoms with Crippen LogP contribution in [-0.4, -0.2) is 43.5 Å². The van der Waals surface area contributed by atoms with Gasteiger partial charge in [0.2, 0.25) is 0 Å². The first-order valence-electron chi connectivity index (χ1n) is 4.71. The SMILES string of the molecule is Cc1ncc(S(=O)(=O)NCCOCCBr)[nH]1. The molecule has 0 unspecified atom stereocenters. The molecule has 0 bridgehead atoms. The number of sulfonamides is 1. The Kier molecular flexibility index (Phi) is 5.39. The fourth-order valence-corrected chi connectivity index (χ4v) is 2.23. The van der Waals surface area contributed by atoms with Crippen LogP contribution in [0.1, 0.15) is 5.82 Å². The van der Waals surface area contributed by atoms with Gasteiger partial charge in [-0.15, -0.1) is 0 Å². The van der Waals surface area contributed by atoms with Crippen molar-refractivity contribution in [3.8, 4) is 0 Å². The van der Waals surface area contributed by atoms with Gasteiger partial charge in [-0.3, -0.25) is 0 Å². The van der Waals surface area contributed by atoms with Gasteiger partial charge in [0.15, 0.2) is 5.03 Å². The van der Waals surface area contributed by atoms with E-state index < -0.39 is 10.0 Å². The molecular formula is C8H14BrN3O3S. The lowest BCUT2D eigenvalue weighted by molar-refractivity contribution is 0.156. The van der Waals surface area contributed by atoms with Crippen molar-refractivity contribution in [3.05, 3.63) is 12.0 Å². The molecule has 0 fully saturated rings. The fourth-order valence-electron chi connectivity index (χ4n) is 1.02. The second-order valence-electron chi connectivity index (χ2n) is 3.03. The third-order valence-corrected chi connectivity index (χ3v) is 3.42. The highest BCUT2D eigenvalue weighted by Gasteiger charge is 2.15. The highest BCUT2D eigenvalue weighted by molar-refractivity contribution is 9.09. The van der Waals surface area contributed by atoms with Gasteiger partial charge >= 0.3 is 0 Å². The number of aryl methyl sites for hydroxylation is 1. The third-order valence-electron chi connectivity index (χ3n) is 1.73. The van der Waals surface area contributed by atoms with E-state index in [9.17, 15) is 8.42 Å². The van der Waals surface area contributed by atoms with Gasteiger partial charge in [-0.1, -0.05) is 15.9 Å². The zero-order valence-corrected chi connectivity index (χ0v) is 11.3. The maximum Gasteiger partial charge on any atom is 0.257 e. The largest absolute Gasteiger partial charge is 0.379 e. The Balaban J connectivity index is 2.41. The number of halogens is 1. The van der Waals surface area contributed by atoms with Crippen LogP contribution in [0, 0.1) is 6.92 Å². The zero-order valence-electron chi connectivity index (χ0n) is 8.86. The Bertz CT molecular complexity index is 418. The number of nitrogens with one attached hydrogen (secondary N) is 2. The summed E-state index contributed by atoms with van der Waals surface area (Å²) in [6.07, 6.45) is 1.29. The monoisotopic (exact) mass is 311 g/mol. The number of H-pyrrole nitrogens is 1. The van der Waals surface area contributed by atoms with Gasteiger partial charge in [0.25, 0.3) is 10.0 Å². The predicted octanol–water partition coefficient (Wildman–Crippen LogP) is 0.408. The quantitative estimate of drug-likeness (QED) is 0.564. The van der Waals surface area contributed by atoms with Gasteiger partial charge in [-0.2, -0.15) is 0 Å². The lowest BCUT2D eigenvalue weighted by Crippen LogP contribution is -2.28. The van der Waals surface area contributed by atoms with E-state index >= 15 is 0 Å². The molecular weight excluding hydrogens is 298 g/mol. The minimum Gasteiger partial charge on any atom is -0.379 e. The summed E-state index contributed by atoms with van der Waals surface area (Å²) in [5.74, 6) is 0.566. The third kappa shape index (κ3) is 4.20. The van der Waals surface area contributed by atoms with E-state index in [1.54, 1.807) is 6.92 Å². The second-order valence-corrected chi connectivity index (χ2v) is 5.56. The van der Waals surface area contributed by atoms with Gasteiger partial charge in [0, 0.05) is 11.9 Å². The van der Waals surface area contributed by atoms with Gasteiger partial charge in [-0.25, -0.2) is 18.1 Å². The summed E-state index contributed by atoms with van der Waals surface area (Å²) in [6, 6.07) is 0. The summed E-state index contributed by atoms with van der Waals surface area (Å²) < 4.78 is 30.8. The number of aromatic nitrogens is 2. The minimum atomic E-state index is -3.49. The summed E-state index contributed by atoms with van der Waals surface area (Å²) in [7, 11) is -3.49. The van der Waals surface area contributed by atoms with Crippen LogP contribution >= 0.6 is 15.9 Å². The Morgan fingerprint density at radius 3 is 2.88 bits per heavy atom. The number of hydrogen-bond acceptors (Lipinski definition) is 4. The van der Waals surface area contributed by atoms with Crippen molar-refractivity contribution in [2.24, 2.45) is 0 Å². The molecule has 92 valence electrons. The lowest BCUT2D eigenvalue weighted by Gasteiger charge is -2.04. The van der Waals surface area contributed by atoms with Gasteiger partial charge in [-0.05, 0) is 6.92 Å². The standard InChI is InChI=1S/C8H14BrN3O3S/c1-7-10-6-8(12-7)16(13,14)11-3-5-15-4-2-9/h6,11H,2-5H2,1H3,(H,10,12). The minimum absolute atomic E-state index is 0.0745. The number of ether oxygens (including phenoxy) is 1. The van der Waals surface area contributed by atoms with Crippen molar-refractivity contribution in [1.29, 1.82) is 0 Å². The van der Waals surface area contributed by atoms with Crippen LogP contribution in [0.4, 0.5) is 0 Å². The van der Waals surface area contributed by atoms with Gasteiger partial charge < -0.3 is 9.72 Å². The molecule has 0 saturated heterocycles. The van der Waals surface area contributed by atoms with Crippen LogP contribution in [0.2, 0.25) is 0 Å². The highest BCUT2D eigenvalue weighted by Crippen LogP contribution is 2.03. The summed E-state index contributed by atoms with van der Waals surface area (Å²) in [5.41, 5.74) is 0. The van der Waals surface area contributed by atoms with Crippen molar-refractivity contribution in [2.75, 3.05) is 25.1 Å². The van der Waals surface area contributed by atoms with Crippen molar-refractivity contribution >= 4 is 26.0 Å². The Hall–Kier alpha value is -0.440. The molecule has 1 aromatic rings. The van der Waals surface area contributed by atoms with E-state index in [4.69, 9.17) is 4.74 Å². The Morgan fingerprint density at radius 2 is 2.31 bits per heavy atom. The van der Waals surface area contributed by atoms with E-state index in [0.717, 1.165) is 5.33 Å². The van der Waals surface area contributed by atoms with Crippen LogP contribution in [0.25, 0.3) is 0 Å². The van der Waals surface area contributed by atoms with E-state index in [0.29, 0.717) is 19.0 Å². The number of imidazole rings is 1. The van der Waals surface area contributed by atoms with Crippen LogP contribution in [-0.2, 0) is 14.8 Å². The second kappa shape index (κ2) is 6.33. The normalized spacial score (nSPS) is 11.9. The number of alkyl halides is 1. The van der Waals surface area contributed by atoms with E-state index in [1.165, 1.54) is 6.20 Å². The first-order valence-corrected chi connectivity index (χ1v) is 7.31. The van der Waals surface area contributed by atoms with Gasteiger partial charge in [0.1, 0.15) is 5.82 Å². The molecule has 8 heteroatoms. The van der Waals surface area contributed by atoms with Crippen LogP contribution in [0.15, 0.2) is 11.2 Å². The average Bonchev–Trinajstić information content (AvgIpc) is 2.65. The Labute approximate surface area is 103 Å². The maximum absolute atomic E-state index is 11.6. The number of hydrogen-bond donors (Lipinski definition) is 2. The lowest BCUT2D eigenvalue weighted by atomic mass is 10.7. The molecule has 0 aliphatic carbocycles. The molecule has 0 saturated carbocycles. The van der Waals surface area contributed by atoms with E-state index in [-0.39, 0.29) is 11.6 Å². The first-order chi connectivity index (χ1) is 7.56. The van der Waals surface area contributed by atoms with Crippen molar-refractivity contribution in [2.45, 2.75) is 11.9 Å². The molecule has 1 aromatic heterocycles. The summed E-state index contributed by atoms with van der Waals surface area (Å²) in [6.45, 7) is 2.84. The molecule has 16 heavy (non-hydrogen) atoms. The molecule has 1 heterocycles. The average molecular weight is 312 g/mol. The molecule has 0 aliphatic rings. The van der Waals surface area contributed by atoms with Crippen molar-refractivity contribution < 1.29 is 13.2 Å². The molecule has 1 rings (SSSR count). The summed E-state index contributed by atoms with van der Waals surface area (Å²) >= 11 is 3.20. The number of rotatable bonds is 7. The first kappa shape index (κ1) is 13.6. The van der Waals surface area contributed by atoms with Gasteiger partial charge in [0.05, 0.1) is 19.4 Å². The Morgan fingerprint density at radius 1 is 1.56 bits per heavy atom. The molecule has 0 aromatic carbocycles. The van der Waals surface area contributed by atoms with Crippen LogP contribution in [0.5, 0.6) is 0 Å². The maximum atomic E-state index is 11.6. The van der Waals surface area contributed by atoms with Crippen molar-refractivity contribution in [1.82, 2.24) is 14.7 Å². The molecule has 0 amide bonds. The fraction of sp³-hybridized carbons (Fsp3) is 0.625. The molecule has 0 radical (unpaired) electrons. The van der Waals surface area contributed by atoms with Crippen LogP contribution in [0.3, 0.4) is 0 Å². The van der Waals surface area contributed by atoms with Crippen molar-refractivity contribution in [3.63, 3.8) is 0 Å². The smallest absolute Gasteiger partial charge is 0.257 e. The molecule has 6 nitrogen and oxygen atoms in total. The predicted molar refractivity (Wildman–Crippen MR) is 63.1 cm³/mol. The zero-order chi connectivity index (χ0) is 12.0. The molecule has 2 N–H and O–H groups in total.